The molecule has 7 nitrogen and oxygen atoms in total. The summed E-state index contributed by atoms with van der Waals surface area (Å²) < 4.78 is 1.10. The summed E-state index contributed by atoms with van der Waals surface area (Å²) >= 11 is 5.66. The minimum absolute atomic E-state index is 0.0238. The lowest BCUT2D eigenvalue weighted by atomic mass is 10.3. The molecule has 0 fully saturated rings. The predicted molar refractivity (Wildman–Crippen MR) is 50.8 cm³/mol. The molecule has 15 heavy (non-hydrogen) atoms. The molecule has 8 heteroatoms. The van der Waals surface area contributed by atoms with E-state index in [0.29, 0.717) is 0 Å². The molecule has 0 aliphatic heterocycles. The molecule has 0 N–H and O–H groups in total. The van der Waals surface area contributed by atoms with Crippen LogP contribution in [0, 0.1) is 10.1 Å². The molecule has 2 rings (SSSR count). The number of nitro benzene ring substituents is 1. The topological polar surface area (TPSA) is 86.7 Å². The van der Waals surface area contributed by atoms with Crippen molar-refractivity contribution < 1.29 is 4.92 Å². The number of aromatic nitrogens is 4. The fraction of sp³-hybridized carbons (Fsp3) is 0. The second kappa shape index (κ2) is 3.62. The fourth-order valence-electron chi connectivity index (χ4n) is 1.12. The van der Waals surface area contributed by atoms with E-state index >= 15 is 0 Å². The van der Waals surface area contributed by atoms with Crippen molar-refractivity contribution in [3.05, 3.63) is 39.7 Å². The van der Waals surface area contributed by atoms with Crippen LogP contribution in [-0.4, -0.2) is 25.1 Å². The van der Waals surface area contributed by atoms with Gasteiger partial charge in [0.1, 0.15) is 5.69 Å². The molecule has 1 heterocycles. The van der Waals surface area contributed by atoms with E-state index in [9.17, 15) is 10.1 Å². The van der Waals surface area contributed by atoms with Gasteiger partial charge < -0.3 is 0 Å². The molecule has 0 aliphatic carbocycles. The van der Waals surface area contributed by atoms with Gasteiger partial charge in [0, 0.05) is 6.07 Å². The van der Waals surface area contributed by atoms with Gasteiger partial charge >= 0.3 is 0 Å². The van der Waals surface area contributed by atoms with Gasteiger partial charge in [0.05, 0.1) is 4.92 Å². The van der Waals surface area contributed by atoms with Gasteiger partial charge in [0.2, 0.25) is 5.28 Å². The zero-order valence-corrected chi connectivity index (χ0v) is 8.00. The van der Waals surface area contributed by atoms with Crippen LogP contribution in [0.3, 0.4) is 0 Å². The molecular weight excluding hydrogens is 222 g/mol. The van der Waals surface area contributed by atoms with Crippen molar-refractivity contribution in [2.75, 3.05) is 0 Å². The molecule has 0 unspecified atom stereocenters. The minimum atomic E-state index is -0.520. The van der Waals surface area contributed by atoms with Gasteiger partial charge in [-0.15, -0.1) is 0 Å². The SMILES string of the molecule is O=[N+]([O-])c1ccccc1-n1nnnc1Cl. The van der Waals surface area contributed by atoms with Gasteiger partial charge in [-0.05, 0) is 28.1 Å². The third-order valence-corrected chi connectivity index (χ3v) is 1.97. The van der Waals surface area contributed by atoms with E-state index < -0.39 is 4.92 Å². The highest BCUT2D eigenvalue weighted by molar-refractivity contribution is 6.28. The summed E-state index contributed by atoms with van der Waals surface area (Å²) in [6, 6.07) is 6.06. The number of tetrazole rings is 1. The monoisotopic (exact) mass is 225 g/mol. The van der Waals surface area contributed by atoms with Gasteiger partial charge in [0.25, 0.3) is 5.69 Å². The van der Waals surface area contributed by atoms with E-state index in [1.54, 1.807) is 12.1 Å². The summed E-state index contributed by atoms with van der Waals surface area (Å²) in [6.45, 7) is 0. The summed E-state index contributed by atoms with van der Waals surface area (Å²) in [4.78, 5) is 10.2. The van der Waals surface area contributed by atoms with Crippen LogP contribution < -0.4 is 0 Å². The predicted octanol–water partition coefficient (Wildman–Crippen LogP) is 1.22. The number of rotatable bonds is 2. The van der Waals surface area contributed by atoms with Crippen LogP contribution in [0.15, 0.2) is 24.3 Å². The summed E-state index contributed by atoms with van der Waals surface area (Å²) in [5.41, 5.74) is 0.129. The second-order valence-electron chi connectivity index (χ2n) is 2.61. The van der Waals surface area contributed by atoms with Crippen LogP contribution in [0.2, 0.25) is 5.28 Å². The lowest BCUT2D eigenvalue weighted by molar-refractivity contribution is -0.384. The fourth-order valence-corrected chi connectivity index (χ4v) is 1.28. The lowest BCUT2D eigenvalue weighted by Gasteiger charge is -2.00. The van der Waals surface area contributed by atoms with Gasteiger partial charge in [-0.25, -0.2) is 0 Å². The van der Waals surface area contributed by atoms with E-state index in [4.69, 9.17) is 11.6 Å². The van der Waals surface area contributed by atoms with Crippen LogP contribution in [0.4, 0.5) is 5.69 Å². The van der Waals surface area contributed by atoms with Gasteiger partial charge in [-0.1, -0.05) is 17.2 Å². The number of para-hydroxylation sites is 2. The number of benzene rings is 1. The van der Waals surface area contributed by atoms with Crippen molar-refractivity contribution in [3.63, 3.8) is 0 Å². The molecule has 1 aromatic carbocycles. The Bertz CT molecular complexity index is 512. The first kappa shape index (κ1) is 9.53. The van der Waals surface area contributed by atoms with Gasteiger partial charge in [0.15, 0.2) is 0 Å². The van der Waals surface area contributed by atoms with E-state index in [2.05, 4.69) is 15.5 Å². The van der Waals surface area contributed by atoms with Crippen molar-refractivity contribution in [2.45, 2.75) is 0 Å². The average Bonchev–Trinajstić information content (AvgIpc) is 2.64. The quantitative estimate of drug-likeness (QED) is 0.567. The highest BCUT2D eigenvalue weighted by Crippen LogP contribution is 2.22. The van der Waals surface area contributed by atoms with E-state index in [1.807, 2.05) is 0 Å². The zero-order valence-electron chi connectivity index (χ0n) is 7.24. The Balaban J connectivity index is 2.63. The zero-order chi connectivity index (χ0) is 10.8. The number of halogens is 1. The molecule has 0 spiro atoms. The average molecular weight is 226 g/mol. The lowest BCUT2D eigenvalue weighted by Crippen LogP contribution is -2.01. The smallest absolute Gasteiger partial charge is 0.258 e. The number of hydrogen-bond donors (Lipinski definition) is 0. The van der Waals surface area contributed by atoms with E-state index in [-0.39, 0.29) is 16.7 Å². The Morgan fingerprint density at radius 3 is 2.73 bits per heavy atom. The van der Waals surface area contributed by atoms with Crippen LogP contribution in [0.5, 0.6) is 0 Å². The summed E-state index contributed by atoms with van der Waals surface area (Å²) in [7, 11) is 0. The number of nitrogens with zero attached hydrogens (tertiary/aromatic N) is 5. The van der Waals surface area contributed by atoms with Crippen LogP contribution in [0.1, 0.15) is 0 Å². The largest absolute Gasteiger partial charge is 0.295 e. The highest BCUT2D eigenvalue weighted by atomic mass is 35.5. The maximum atomic E-state index is 10.7. The molecule has 0 radical (unpaired) electrons. The van der Waals surface area contributed by atoms with Crippen molar-refractivity contribution in [2.24, 2.45) is 0 Å². The van der Waals surface area contributed by atoms with Gasteiger partial charge in [-0.2, -0.15) is 4.68 Å². The van der Waals surface area contributed by atoms with Crippen LogP contribution >= 0.6 is 11.6 Å². The maximum absolute atomic E-state index is 10.7. The molecule has 0 atom stereocenters. The van der Waals surface area contributed by atoms with Crippen LogP contribution in [0.25, 0.3) is 5.69 Å². The minimum Gasteiger partial charge on any atom is -0.258 e. The molecule has 0 aliphatic rings. The van der Waals surface area contributed by atoms with Crippen molar-refractivity contribution in [3.8, 4) is 5.69 Å². The van der Waals surface area contributed by atoms with Crippen molar-refractivity contribution >= 4 is 17.3 Å². The molecule has 0 amide bonds. The molecule has 76 valence electrons. The Hall–Kier alpha value is -2.02. The normalized spacial score (nSPS) is 10.2. The van der Waals surface area contributed by atoms with Crippen molar-refractivity contribution in [1.29, 1.82) is 0 Å². The van der Waals surface area contributed by atoms with E-state index in [0.717, 1.165) is 4.68 Å². The summed E-state index contributed by atoms with van der Waals surface area (Å²) in [5.74, 6) is 0. The van der Waals surface area contributed by atoms with Gasteiger partial charge in [-0.3, -0.25) is 10.1 Å². The summed E-state index contributed by atoms with van der Waals surface area (Å²) in [5, 5.41) is 21.0. The number of hydrogen-bond acceptors (Lipinski definition) is 5. The third kappa shape index (κ3) is 1.64. The maximum Gasteiger partial charge on any atom is 0.295 e. The molecule has 0 saturated heterocycles. The Kier molecular flexibility index (Phi) is 2.30. The molecular formula is C7H4ClN5O2. The summed E-state index contributed by atoms with van der Waals surface area (Å²) in [6.07, 6.45) is 0. The first-order valence-corrected chi connectivity index (χ1v) is 4.25. The molecule has 2 aromatic rings. The van der Waals surface area contributed by atoms with Crippen LogP contribution in [-0.2, 0) is 0 Å². The first-order valence-electron chi connectivity index (χ1n) is 3.88. The standard InChI is InChI=1S/C7H4ClN5O2/c8-7-9-10-11-12(7)5-3-1-2-4-6(5)13(14)15/h1-4H. The molecule has 0 bridgehead atoms. The second-order valence-corrected chi connectivity index (χ2v) is 2.94. The Morgan fingerprint density at radius 1 is 1.40 bits per heavy atom. The first-order chi connectivity index (χ1) is 7.20. The van der Waals surface area contributed by atoms with Crippen molar-refractivity contribution in [1.82, 2.24) is 20.2 Å². The van der Waals surface area contributed by atoms with E-state index in [1.165, 1.54) is 12.1 Å². The molecule has 1 aromatic heterocycles. The Labute approximate surface area is 88.4 Å². The third-order valence-electron chi connectivity index (χ3n) is 1.74. The highest BCUT2D eigenvalue weighted by Gasteiger charge is 2.17. The Morgan fingerprint density at radius 2 is 2.13 bits per heavy atom. The molecule has 0 saturated carbocycles. The number of nitro groups is 1.